The van der Waals surface area contributed by atoms with Crippen LogP contribution in [0.4, 0.5) is 13.2 Å². The van der Waals surface area contributed by atoms with Crippen LogP contribution in [0.2, 0.25) is 0 Å². The van der Waals surface area contributed by atoms with Gasteiger partial charge in [-0.15, -0.1) is 0 Å². The van der Waals surface area contributed by atoms with Gasteiger partial charge in [-0.05, 0) is 50.4 Å². The van der Waals surface area contributed by atoms with Crippen LogP contribution in [-0.4, -0.2) is 92.6 Å². The van der Waals surface area contributed by atoms with Gasteiger partial charge in [-0.3, -0.25) is 9.69 Å². The lowest BCUT2D eigenvalue weighted by atomic mass is 9.76. The van der Waals surface area contributed by atoms with Crippen molar-refractivity contribution in [2.45, 2.75) is 57.2 Å². The summed E-state index contributed by atoms with van der Waals surface area (Å²) in [5.41, 5.74) is 1.42. The smallest absolute Gasteiger partial charge is 0.475 e. The van der Waals surface area contributed by atoms with Gasteiger partial charge >= 0.3 is 12.1 Å². The van der Waals surface area contributed by atoms with Crippen molar-refractivity contribution in [1.29, 1.82) is 0 Å². The first-order chi connectivity index (χ1) is 15.1. The molecule has 1 amide bonds. The zero-order valence-corrected chi connectivity index (χ0v) is 19.0. The van der Waals surface area contributed by atoms with Crippen LogP contribution in [-0.2, 0) is 19.1 Å². The Balaban J connectivity index is 0.000000451. The Kier molecular flexibility index (Phi) is 9.97. The molecule has 0 aromatic rings. The van der Waals surface area contributed by atoms with E-state index in [-0.39, 0.29) is 0 Å². The van der Waals surface area contributed by atoms with Crippen LogP contribution in [0, 0.1) is 5.41 Å². The number of carbonyl (C=O) groups is 2. The second-order valence-electron chi connectivity index (χ2n) is 8.85. The first kappa shape index (κ1) is 26.6. The van der Waals surface area contributed by atoms with Crippen molar-refractivity contribution in [3.8, 4) is 0 Å². The van der Waals surface area contributed by atoms with Gasteiger partial charge in [-0.25, -0.2) is 4.79 Å². The Labute approximate surface area is 187 Å². The minimum absolute atomic E-state index is 0.303. The lowest BCUT2D eigenvalue weighted by Gasteiger charge is -2.40. The number of amides is 1. The van der Waals surface area contributed by atoms with Crippen molar-refractivity contribution in [2.75, 3.05) is 53.6 Å². The number of carboxylic acid groups (broad SMARTS) is 1. The average Bonchev–Trinajstić information content (AvgIpc) is 3.09. The van der Waals surface area contributed by atoms with Gasteiger partial charge in [-0.2, -0.15) is 13.2 Å². The standard InChI is InChI=1S/C20H34N2O3.C2HF3O2/c1-24-13-12-22-16-20(14-18(22)15-25-2)8-10-21(11-9-20)19(23)17-6-4-3-5-7-17;3-2(4,5)1(6)7/h6,18H,3-5,7-16H2,1-2H3;(H,6,7). The summed E-state index contributed by atoms with van der Waals surface area (Å²) in [4.78, 5) is 26.3. The summed E-state index contributed by atoms with van der Waals surface area (Å²) in [6, 6.07) is 0.489. The van der Waals surface area contributed by atoms with Crippen LogP contribution in [0.25, 0.3) is 0 Å². The molecule has 1 aliphatic carbocycles. The highest BCUT2D eigenvalue weighted by Gasteiger charge is 2.45. The van der Waals surface area contributed by atoms with E-state index in [1.807, 2.05) is 0 Å². The monoisotopic (exact) mass is 464 g/mol. The molecule has 1 atom stereocenters. The number of hydrogen-bond acceptors (Lipinski definition) is 5. The Morgan fingerprint density at radius 2 is 1.84 bits per heavy atom. The van der Waals surface area contributed by atoms with Gasteiger partial charge in [0.25, 0.3) is 0 Å². The normalized spacial score (nSPS) is 23.5. The number of halogens is 3. The van der Waals surface area contributed by atoms with Gasteiger partial charge < -0.3 is 19.5 Å². The lowest BCUT2D eigenvalue weighted by Crippen LogP contribution is -2.45. The molecular weight excluding hydrogens is 429 g/mol. The topological polar surface area (TPSA) is 79.3 Å². The van der Waals surface area contributed by atoms with Gasteiger partial charge in [0.15, 0.2) is 0 Å². The molecule has 0 aromatic heterocycles. The number of alkyl halides is 3. The molecule has 2 heterocycles. The zero-order chi connectivity index (χ0) is 23.8. The SMILES string of the molecule is COCCN1CC2(CCN(C(=O)C3=CCCCC3)CC2)CC1COC.O=C(O)C(F)(F)F. The minimum Gasteiger partial charge on any atom is -0.475 e. The maximum absolute atomic E-state index is 12.7. The van der Waals surface area contributed by atoms with E-state index in [2.05, 4.69) is 15.9 Å². The van der Waals surface area contributed by atoms with E-state index in [0.717, 1.165) is 70.6 Å². The van der Waals surface area contributed by atoms with Gasteiger partial charge in [0.2, 0.25) is 5.91 Å². The third-order valence-corrected chi connectivity index (χ3v) is 6.58. The lowest BCUT2D eigenvalue weighted by molar-refractivity contribution is -0.192. The number of likely N-dealkylation sites (tertiary alicyclic amines) is 2. The van der Waals surface area contributed by atoms with E-state index in [1.165, 1.54) is 19.3 Å². The number of carbonyl (C=O) groups excluding carboxylic acids is 1. The summed E-state index contributed by atoms with van der Waals surface area (Å²) in [6.45, 7) is 5.48. The number of carboxylic acids is 1. The fourth-order valence-corrected chi connectivity index (χ4v) is 4.86. The van der Waals surface area contributed by atoms with Crippen molar-refractivity contribution >= 4 is 11.9 Å². The van der Waals surface area contributed by atoms with Crippen molar-refractivity contribution in [3.63, 3.8) is 0 Å². The maximum atomic E-state index is 12.7. The van der Waals surface area contributed by atoms with Crippen molar-refractivity contribution in [3.05, 3.63) is 11.6 Å². The van der Waals surface area contributed by atoms with Gasteiger partial charge in [0.1, 0.15) is 0 Å². The highest BCUT2D eigenvalue weighted by atomic mass is 19.4. The van der Waals surface area contributed by atoms with E-state index in [0.29, 0.717) is 17.4 Å². The Morgan fingerprint density at radius 3 is 2.34 bits per heavy atom. The number of hydrogen-bond donors (Lipinski definition) is 1. The largest absolute Gasteiger partial charge is 0.490 e. The van der Waals surface area contributed by atoms with E-state index in [9.17, 15) is 18.0 Å². The number of piperidine rings is 1. The number of aliphatic carboxylic acids is 1. The molecule has 2 fully saturated rings. The third-order valence-electron chi connectivity index (χ3n) is 6.58. The Bertz CT molecular complexity index is 660. The molecule has 2 aliphatic heterocycles. The summed E-state index contributed by atoms with van der Waals surface area (Å²) in [7, 11) is 3.56. The first-order valence-corrected chi connectivity index (χ1v) is 11.1. The van der Waals surface area contributed by atoms with Crippen LogP contribution in [0.5, 0.6) is 0 Å². The molecule has 2 saturated heterocycles. The number of allylic oxidation sites excluding steroid dienone is 1. The number of nitrogens with zero attached hydrogens (tertiary/aromatic N) is 2. The molecule has 10 heteroatoms. The van der Waals surface area contributed by atoms with Crippen molar-refractivity contribution in [1.82, 2.24) is 9.80 Å². The van der Waals surface area contributed by atoms with Crippen LogP contribution in [0.15, 0.2) is 11.6 Å². The second-order valence-corrected chi connectivity index (χ2v) is 8.85. The number of ether oxygens (including phenoxy) is 2. The van der Waals surface area contributed by atoms with Crippen molar-refractivity contribution < 1.29 is 37.3 Å². The van der Waals surface area contributed by atoms with Crippen LogP contribution < -0.4 is 0 Å². The van der Waals surface area contributed by atoms with Gasteiger partial charge in [0.05, 0.1) is 13.2 Å². The zero-order valence-electron chi connectivity index (χ0n) is 19.0. The van der Waals surface area contributed by atoms with Crippen LogP contribution in [0.1, 0.15) is 44.9 Å². The molecule has 0 bridgehead atoms. The predicted octanol–water partition coefficient (Wildman–Crippen LogP) is 3.10. The Hall–Kier alpha value is -1.65. The predicted molar refractivity (Wildman–Crippen MR) is 112 cm³/mol. The molecule has 32 heavy (non-hydrogen) atoms. The van der Waals surface area contributed by atoms with Gasteiger partial charge in [0, 0.05) is 52.0 Å². The summed E-state index contributed by atoms with van der Waals surface area (Å²) in [5.74, 6) is -2.45. The highest BCUT2D eigenvalue weighted by molar-refractivity contribution is 5.93. The molecule has 0 saturated carbocycles. The molecule has 7 nitrogen and oxygen atoms in total. The molecule has 0 radical (unpaired) electrons. The summed E-state index contributed by atoms with van der Waals surface area (Å²) >= 11 is 0. The van der Waals surface area contributed by atoms with E-state index < -0.39 is 12.1 Å². The molecule has 3 aliphatic rings. The highest BCUT2D eigenvalue weighted by Crippen LogP contribution is 2.43. The van der Waals surface area contributed by atoms with Gasteiger partial charge in [-0.1, -0.05) is 6.08 Å². The molecule has 1 N–H and O–H groups in total. The Morgan fingerprint density at radius 1 is 1.19 bits per heavy atom. The summed E-state index contributed by atoms with van der Waals surface area (Å²) in [5, 5.41) is 7.12. The molecule has 3 rings (SSSR count). The van der Waals surface area contributed by atoms with E-state index >= 15 is 0 Å². The maximum Gasteiger partial charge on any atom is 0.490 e. The number of methoxy groups -OCH3 is 2. The molecular formula is C22H35F3N2O5. The van der Waals surface area contributed by atoms with Crippen LogP contribution in [0.3, 0.4) is 0 Å². The fourth-order valence-electron chi connectivity index (χ4n) is 4.86. The van der Waals surface area contributed by atoms with E-state index in [4.69, 9.17) is 19.4 Å². The van der Waals surface area contributed by atoms with Crippen molar-refractivity contribution in [2.24, 2.45) is 5.41 Å². The molecule has 0 aromatic carbocycles. The van der Waals surface area contributed by atoms with Crippen LogP contribution >= 0.6 is 0 Å². The minimum atomic E-state index is -5.08. The molecule has 184 valence electrons. The fraction of sp³-hybridized carbons (Fsp3) is 0.818. The van der Waals surface area contributed by atoms with E-state index in [1.54, 1.807) is 14.2 Å². The second kappa shape index (κ2) is 12.0. The quantitative estimate of drug-likeness (QED) is 0.651. The number of rotatable bonds is 6. The third kappa shape index (κ3) is 7.45. The molecule has 1 spiro atoms. The first-order valence-electron chi connectivity index (χ1n) is 11.1. The summed E-state index contributed by atoms with van der Waals surface area (Å²) in [6.07, 6.45) is 4.97. The average molecular weight is 465 g/mol. The summed E-state index contributed by atoms with van der Waals surface area (Å²) < 4.78 is 42.5. The molecule has 1 unspecified atom stereocenters.